The normalized spacial score (nSPS) is 13.3. The van der Waals surface area contributed by atoms with E-state index in [0.717, 1.165) is 0 Å². The van der Waals surface area contributed by atoms with Crippen LogP contribution in [0.25, 0.3) is 0 Å². The average Bonchev–Trinajstić information content (AvgIpc) is 1.95. The van der Waals surface area contributed by atoms with Gasteiger partial charge in [0, 0.05) is 14.6 Å². The van der Waals surface area contributed by atoms with Gasteiger partial charge in [-0.2, -0.15) is 0 Å². The molecule has 0 aliphatic rings. The molecule has 0 aromatic rings. The monoisotopic (exact) mass is 156 g/mol. The summed E-state index contributed by atoms with van der Waals surface area (Å²) in [6.07, 6.45) is 0. The first-order chi connectivity index (χ1) is 4.24. The predicted octanol–water partition coefficient (Wildman–Crippen LogP) is 1.27. The average molecular weight is 156 g/mol. The number of halogens is 3. The lowest BCUT2D eigenvalue weighted by atomic mass is 10.2. The Morgan fingerprint density at radius 3 is 1.44 bits per heavy atom. The van der Waals surface area contributed by atoms with E-state index >= 15 is 0 Å². The maximum Gasteiger partial charge on any atom is 0.0970 e. The van der Waals surface area contributed by atoms with Gasteiger partial charge in [-0.25, -0.2) is 0 Å². The summed E-state index contributed by atoms with van der Waals surface area (Å²) in [6.45, 7) is -0.813. The molecule has 0 rings (SSSR count). The summed E-state index contributed by atoms with van der Waals surface area (Å²) in [5, 5.41) is -1.19. The van der Waals surface area contributed by atoms with Crippen molar-refractivity contribution in [2.75, 3.05) is 20.0 Å². The summed E-state index contributed by atoms with van der Waals surface area (Å²) in [5.74, 6) is 0. The third kappa shape index (κ3) is 2.00. The molecule has 0 amide bonds. The van der Waals surface area contributed by atoms with Crippen molar-refractivity contribution in [2.24, 2.45) is 0 Å². The fourth-order valence-electron chi connectivity index (χ4n) is 0.391. The summed E-state index contributed by atoms with van der Waals surface area (Å²) in [4.78, 5) is 0. The van der Waals surface area contributed by atoms with Gasteiger partial charge in [0.25, 0.3) is 0 Å². The van der Waals surface area contributed by atoms with Gasteiger partial charge in [0.15, 0.2) is 0 Å². The second-order valence-corrected chi connectivity index (χ2v) is 4.46. The molecule has 0 N–H and O–H groups in total. The Bertz CT molecular complexity index is 55.1. The molecular weight excluding hydrogens is 145 g/mol. The van der Waals surface area contributed by atoms with Gasteiger partial charge < -0.3 is 0 Å². The standard InChI is InChI=1S/C5H11F3Si/c1-9-5(2-6,3-7)4-8/h2-4,9H2,1H3. The minimum absolute atomic E-state index is 0.845. The highest BCUT2D eigenvalue weighted by Gasteiger charge is 2.28. The van der Waals surface area contributed by atoms with Gasteiger partial charge in [-0.15, -0.1) is 0 Å². The molecule has 0 radical (unpaired) electrons. The molecule has 9 heavy (non-hydrogen) atoms. The lowest BCUT2D eigenvalue weighted by molar-refractivity contribution is 0.252. The van der Waals surface area contributed by atoms with Crippen molar-refractivity contribution in [3.8, 4) is 0 Å². The minimum Gasteiger partial charge on any atom is -0.251 e. The van der Waals surface area contributed by atoms with E-state index < -0.39 is 34.6 Å². The van der Waals surface area contributed by atoms with Gasteiger partial charge in [0.1, 0.15) is 0 Å². The van der Waals surface area contributed by atoms with Crippen molar-refractivity contribution < 1.29 is 13.2 Å². The third-order valence-corrected chi connectivity index (χ3v) is 3.67. The smallest absolute Gasteiger partial charge is 0.0970 e. The second-order valence-electron chi connectivity index (χ2n) is 2.25. The van der Waals surface area contributed by atoms with Crippen molar-refractivity contribution >= 4 is 9.52 Å². The van der Waals surface area contributed by atoms with E-state index in [1.165, 1.54) is 0 Å². The number of rotatable bonds is 4. The second kappa shape index (κ2) is 3.93. The molecule has 0 bridgehead atoms. The van der Waals surface area contributed by atoms with Gasteiger partial charge in [0.05, 0.1) is 20.0 Å². The highest BCUT2D eigenvalue weighted by atomic mass is 28.2. The molecule has 0 aliphatic heterocycles. The molecule has 0 aliphatic carbocycles. The van der Waals surface area contributed by atoms with Crippen LogP contribution in [0.3, 0.4) is 0 Å². The molecule has 0 saturated heterocycles. The van der Waals surface area contributed by atoms with Crippen LogP contribution in [0.4, 0.5) is 13.2 Å². The highest BCUT2D eigenvalue weighted by molar-refractivity contribution is 6.38. The molecule has 0 aromatic heterocycles. The van der Waals surface area contributed by atoms with E-state index in [9.17, 15) is 13.2 Å². The van der Waals surface area contributed by atoms with Crippen LogP contribution in [-0.4, -0.2) is 29.5 Å². The first kappa shape index (κ1) is 9.01. The zero-order chi connectivity index (χ0) is 7.33. The van der Waals surface area contributed by atoms with Gasteiger partial charge in [-0.1, -0.05) is 6.55 Å². The molecule has 0 aromatic carbocycles. The van der Waals surface area contributed by atoms with Crippen LogP contribution in [-0.2, 0) is 0 Å². The maximum absolute atomic E-state index is 11.9. The maximum atomic E-state index is 11.9. The van der Waals surface area contributed by atoms with Crippen LogP contribution in [0.2, 0.25) is 11.6 Å². The Morgan fingerprint density at radius 2 is 1.44 bits per heavy atom. The Labute approximate surface area is 55.3 Å². The third-order valence-electron chi connectivity index (χ3n) is 1.60. The molecule has 4 heteroatoms. The summed E-state index contributed by atoms with van der Waals surface area (Å²) >= 11 is 0. The van der Waals surface area contributed by atoms with Gasteiger partial charge in [0.2, 0.25) is 0 Å². The number of hydrogen-bond acceptors (Lipinski definition) is 0. The van der Waals surface area contributed by atoms with Crippen LogP contribution >= 0.6 is 0 Å². The molecule has 56 valence electrons. The van der Waals surface area contributed by atoms with E-state index in [-0.39, 0.29) is 0 Å². The zero-order valence-electron chi connectivity index (χ0n) is 5.46. The van der Waals surface area contributed by atoms with Crippen molar-refractivity contribution in [2.45, 2.75) is 11.6 Å². The van der Waals surface area contributed by atoms with E-state index in [1.807, 2.05) is 0 Å². The molecule has 0 unspecified atom stereocenters. The number of hydrogen-bond donors (Lipinski definition) is 0. The fraction of sp³-hybridized carbons (Fsp3) is 1.00. The van der Waals surface area contributed by atoms with Crippen LogP contribution in [0, 0.1) is 0 Å². The van der Waals surface area contributed by atoms with Crippen molar-refractivity contribution in [1.82, 2.24) is 0 Å². The Hall–Kier alpha value is 0.00688. The van der Waals surface area contributed by atoms with E-state index in [2.05, 4.69) is 0 Å². The summed E-state index contributed by atoms with van der Waals surface area (Å²) < 4.78 is 35.6. The molecule has 0 saturated carbocycles. The quantitative estimate of drug-likeness (QED) is 0.538. The van der Waals surface area contributed by atoms with Crippen LogP contribution in [0.5, 0.6) is 0 Å². The van der Waals surface area contributed by atoms with Gasteiger partial charge >= 0.3 is 0 Å². The van der Waals surface area contributed by atoms with Crippen LogP contribution in [0.15, 0.2) is 0 Å². The largest absolute Gasteiger partial charge is 0.251 e. The summed E-state index contributed by atoms with van der Waals surface area (Å²) in [6, 6.07) is 0. The first-order valence-corrected chi connectivity index (χ1v) is 5.04. The Balaban J connectivity index is 3.82. The van der Waals surface area contributed by atoms with E-state index in [1.54, 1.807) is 6.55 Å². The van der Waals surface area contributed by atoms with E-state index in [0.29, 0.717) is 0 Å². The molecule has 0 atom stereocenters. The van der Waals surface area contributed by atoms with Crippen molar-refractivity contribution in [1.29, 1.82) is 0 Å². The summed E-state index contributed by atoms with van der Waals surface area (Å²) in [7, 11) is -0.904. The molecule has 0 nitrogen and oxygen atoms in total. The molecule has 0 heterocycles. The highest BCUT2D eigenvalue weighted by Crippen LogP contribution is 2.26. The Kier molecular flexibility index (Phi) is 3.93. The Morgan fingerprint density at radius 1 is 1.11 bits per heavy atom. The van der Waals surface area contributed by atoms with Crippen LogP contribution < -0.4 is 0 Å². The predicted molar refractivity (Wildman–Crippen MR) is 35.0 cm³/mol. The SMILES string of the molecule is C[SiH2]C(CF)(CF)CF. The van der Waals surface area contributed by atoms with Crippen LogP contribution in [0.1, 0.15) is 0 Å². The van der Waals surface area contributed by atoms with Crippen molar-refractivity contribution in [3.05, 3.63) is 0 Å². The minimum atomic E-state index is -1.19. The number of alkyl halides is 3. The van der Waals surface area contributed by atoms with Gasteiger partial charge in [-0.3, -0.25) is 13.2 Å². The molecule has 0 spiro atoms. The lowest BCUT2D eigenvalue weighted by Gasteiger charge is -2.20. The molecule has 0 fully saturated rings. The zero-order valence-corrected chi connectivity index (χ0v) is 6.88. The first-order valence-electron chi connectivity index (χ1n) is 2.92. The fourth-order valence-corrected chi connectivity index (χ4v) is 0.958. The van der Waals surface area contributed by atoms with Crippen molar-refractivity contribution in [3.63, 3.8) is 0 Å². The lowest BCUT2D eigenvalue weighted by Crippen LogP contribution is -2.25. The molecular formula is C5H11F3Si. The van der Waals surface area contributed by atoms with Gasteiger partial charge in [-0.05, 0) is 0 Å². The summed E-state index contributed by atoms with van der Waals surface area (Å²) in [5.41, 5.74) is 0. The topological polar surface area (TPSA) is 0 Å². The van der Waals surface area contributed by atoms with E-state index in [4.69, 9.17) is 0 Å².